The second-order valence-corrected chi connectivity index (χ2v) is 4.95. The van der Waals surface area contributed by atoms with Crippen molar-refractivity contribution in [2.24, 2.45) is 0 Å². The van der Waals surface area contributed by atoms with Gasteiger partial charge in [0.05, 0.1) is 5.02 Å². The van der Waals surface area contributed by atoms with Crippen LogP contribution in [0.2, 0.25) is 5.02 Å². The first-order valence-electron chi connectivity index (χ1n) is 5.49. The minimum atomic E-state index is -0.284. The first-order chi connectivity index (χ1) is 9.15. The summed E-state index contributed by atoms with van der Waals surface area (Å²) >= 11 is 9.16. The maximum atomic E-state index is 11.6. The molecule has 0 spiro atoms. The number of benzene rings is 1. The van der Waals surface area contributed by atoms with Gasteiger partial charge < -0.3 is 10.6 Å². The Hall–Kier alpha value is -1.60. The Bertz CT molecular complexity index is 560. The molecule has 1 heterocycles. The molecule has 2 amide bonds. The van der Waals surface area contributed by atoms with E-state index >= 15 is 0 Å². The van der Waals surface area contributed by atoms with Crippen LogP contribution in [0.4, 0.5) is 10.5 Å². The Balaban J connectivity index is 1.79. The molecular formula is C11H11BrClN5O. The molecule has 0 atom stereocenters. The summed E-state index contributed by atoms with van der Waals surface area (Å²) < 4.78 is 0.730. The number of hydrogen-bond donors (Lipinski definition) is 3. The molecule has 3 N–H and O–H groups in total. The van der Waals surface area contributed by atoms with Gasteiger partial charge in [0.1, 0.15) is 12.2 Å². The molecule has 6 nitrogen and oxygen atoms in total. The molecule has 0 aliphatic heterocycles. The third kappa shape index (κ3) is 4.22. The van der Waals surface area contributed by atoms with Crippen molar-refractivity contribution >= 4 is 39.2 Å². The lowest BCUT2D eigenvalue weighted by molar-refractivity contribution is 0.252. The Morgan fingerprint density at radius 1 is 1.47 bits per heavy atom. The van der Waals surface area contributed by atoms with E-state index in [1.807, 2.05) is 0 Å². The molecule has 0 aliphatic rings. The Labute approximate surface area is 123 Å². The normalized spacial score (nSPS) is 10.2. The van der Waals surface area contributed by atoms with Crippen molar-refractivity contribution in [3.8, 4) is 0 Å². The minimum Gasteiger partial charge on any atom is -0.337 e. The second-order valence-electron chi connectivity index (χ2n) is 3.69. The monoisotopic (exact) mass is 343 g/mol. The smallest absolute Gasteiger partial charge is 0.319 e. The van der Waals surface area contributed by atoms with Crippen LogP contribution < -0.4 is 10.6 Å². The van der Waals surface area contributed by atoms with Crippen molar-refractivity contribution in [1.29, 1.82) is 0 Å². The van der Waals surface area contributed by atoms with E-state index in [1.165, 1.54) is 6.33 Å². The zero-order valence-electron chi connectivity index (χ0n) is 9.78. The lowest BCUT2D eigenvalue weighted by Crippen LogP contribution is -2.30. The molecule has 2 rings (SSSR count). The number of nitrogens with one attached hydrogen (secondary N) is 3. The highest BCUT2D eigenvalue weighted by atomic mass is 79.9. The fourth-order valence-corrected chi connectivity index (χ4v) is 1.89. The van der Waals surface area contributed by atoms with Gasteiger partial charge >= 0.3 is 6.03 Å². The van der Waals surface area contributed by atoms with Gasteiger partial charge in [0.2, 0.25) is 0 Å². The summed E-state index contributed by atoms with van der Waals surface area (Å²) in [6, 6.07) is 4.88. The van der Waals surface area contributed by atoms with Crippen LogP contribution in [0.5, 0.6) is 0 Å². The number of amides is 2. The summed E-state index contributed by atoms with van der Waals surface area (Å²) in [6.07, 6.45) is 2.03. The SMILES string of the molecule is O=C(NCCc1ncn[nH]1)Nc1ccc(Cl)c(Br)c1. The summed E-state index contributed by atoms with van der Waals surface area (Å²) in [4.78, 5) is 15.6. The maximum Gasteiger partial charge on any atom is 0.319 e. The highest BCUT2D eigenvalue weighted by molar-refractivity contribution is 9.10. The zero-order chi connectivity index (χ0) is 13.7. The van der Waals surface area contributed by atoms with E-state index in [9.17, 15) is 4.79 Å². The molecule has 0 saturated heterocycles. The number of urea groups is 1. The average molecular weight is 345 g/mol. The van der Waals surface area contributed by atoms with Crippen LogP contribution in [0, 0.1) is 0 Å². The van der Waals surface area contributed by atoms with Crippen molar-refractivity contribution in [2.75, 3.05) is 11.9 Å². The number of nitrogens with zero attached hydrogens (tertiary/aromatic N) is 2. The number of H-pyrrole nitrogens is 1. The molecule has 0 bridgehead atoms. The molecule has 1 aromatic heterocycles. The summed E-state index contributed by atoms with van der Waals surface area (Å²) in [7, 11) is 0. The van der Waals surface area contributed by atoms with Crippen molar-refractivity contribution in [1.82, 2.24) is 20.5 Å². The molecule has 8 heteroatoms. The standard InChI is InChI=1S/C11H11BrClN5O/c12-8-5-7(1-2-9(8)13)17-11(19)14-4-3-10-15-6-16-18-10/h1-2,5-6H,3-4H2,(H2,14,17,19)(H,15,16,18). The van der Waals surface area contributed by atoms with E-state index in [1.54, 1.807) is 18.2 Å². The molecule has 0 aliphatic carbocycles. The highest BCUT2D eigenvalue weighted by Gasteiger charge is 2.04. The van der Waals surface area contributed by atoms with Gasteiger partial charge in [-0.2, -0.15) is 5.10 Å². The van der Waals surface area contributed by atoms with Gasteiger partial charge in [0, 0.05) is 23.1 Å². The molecule has 1 aromatic carbocycles. The van der Waals surface area contributed by atoms with Gasteiger partial charge in [0.25, 0.3) is 0 Å². The van der Waals surface area contributed by atoms with Crippen LogP contribution >= 0.6 is 27.5 Å². The Morgan fingerprint density at radius 2 is 2.32 bits per heavy atom. The second kappa shape index (κ2) is 6.53. The topological polar surface area (TPSA) is 82.7 Å². The van der Waals surface area contributed by atoms with E-state index in [2.05, 4.69) is 41.7 Å². The molecule has 0 radical (unpaired) electrons. The number of aromatic amines is 1. The van der Waals surface area contributed by atoms with Crippen LogP contribution in [0.15, 0.2) is 29.0 Å². The fourth-order valence-electron chi connectivity index (χ4n) is 1.39. The average Bonchev–Trinajstić information content (AvgIpc) is 2.87. The van der Waals surface area contributed by atoms with Gasteiger partial charge in [-0.1, -0.05) is 11.6 Å². The van der Waals surface area contributed by atoms with Gasteiger partial charge in [-0.05, 0) is 34.1 Å². The molecular weight excluding hydrogens is 334 g/mol. The lowest BCUT2D eigenvalue weighted by Gasteiger charge is -2.07. The maximum absolute atomic E-state index is 11.6. The van der Waals surface area contributed by atoms with Crippen molar-refractivity contribution in [3.63, 3.8) is 0 Å². The van der Waals surface area contributed by atoms with Crippen LogP contribution in [-0.4, -0.2) is 27.8 Å². The van der Waals surface area contributed by atoms with E-state index in [-0.39, 0.29) is 6.03 Å². The zero-order valence-corrected chi connectivity index (χ0v) is 12.1. The molecule has 0 saturated carbocycles. The van der Waals surface area contributed by atoms with Gasteiger partial charge in [0.15, 0.2) is 0 Å². The summed E-state index contributed by atoms with van der Waals surface area (Å²) in [5.74, 6) is 0.731. The van der Waals surface area contributed by atoms with Crippen LogP contribution in [0.25, 0.3) is 0 Å². The van der Waals surface area contributed by atoms with Crippen LogP contribution in [-0.2, 0) is 6.42 Å². The van der Waals surface area contributed by atoms with E-state index in [0.717, 1.165) is 10.3 Å². The minimum absolute atomic E-state index is 0.284. The summed E-state index contributed by atoms with van der Waals surface area (Å²) in [5, 5.41) is 12.5. The third-order valence-electron chi connectivity index (χ3n) is 2.29. The van der Waals surface area contributed by atoms with Gasteiger partial charge in [-0.3, -0.25) is 5.10 Å². The number of halogens is 2. The van der Waals surface area contributed by atoms with Crippen molar-refractivity contribution in [3.05, 3.63) is 39.8 Å². The first-order valence-corrected chi connectivity index (χ1v) is 6.66. The quantitative estimate of drug-likeness (QED) is 0.797. The predicted octanol–water partition coefficient (Wildman–Crippen LogP) is 2.58. The van der Waals surface area contributed by atoms with E-state index < -0.39 is 0 Å². The largest absolute Gasteiger partial charge is 0.337 e. The number of aromatic nitrogens is 3. The Kier molecular flexibility index (Phi) is 4.75. The molecule has 0 unspecified atom stereocenters. The Morgan fingerprint density at radius 3 is 3.00 bits per heavy atom. The lowest BCUT2D eigenvalue weighted by atomic mass is 10.3. The number of rotatable bonds is 4. The molecule has 100 valence electrons. The number of carbonyl (C=O) groups is 1. The van der Waals surface area contributed by atoms with Gasteiger partial charge in [-0.15, -0.1) is 0 Å². The number of hydrogen-bond acceptors (Lipinski definition) is 3. The molecule has 0 fully saturated rings. The van der Waals surface area contributed by atoms with Crippen LogP contribution in [0.3, 0.4) is 0 Å². The summed E-state index contributed by atoms with van der Waals surface area (Å²) in [5.41, 5.74) is 0.661. The van der Waals surface area contributed by atoms with Crippen LogP contribution in [0.1, 0.15) is 5.82 Å². The van der Waals surface area contributed by atoms with E-state index in [4.69, 9.17) is 11.6 Å². The third-order valence-corrected chi connectivity index (χ3v) is 3.50. The fraction of sp³-hybridized carbons (Fsp3) is 0.182. The van der Waals surface area contributed by atoms with Crippen molar-refractivity contribution in [2.45, 2.75) is 6.42 Å². The van der Waals surface area contributed by atoms with Gasteiger partial charge in [-0.25, -0.2) is 9.78 Å². The predicted molar refractivity (Wildman–Crippen MR) is 76.3 cm³/mol. The first kappa shape index (κ1) is 13.8. The van der Waals surface area contributed by atoms with Crippen molar-refractivity contribution < 1.29 is 4.79 Å². The van der Waals surface area contributed by atoms with E-state index in [0.29, 0.717) is 23.7 Å². The molecule has 2 aromatic rings. The summed E-state index contributed by atoms with van der Waals surface area (Å²) in [6.45, 7) is 0.468. The highest BCUT2D eigenvalue weighted by Crippen LogP contribution is 2.25. The number of carbonyl (C=O) groups excluding carboxylic acids is 1. The number of anilines is 1. The molecule has 19 heavy (non-hydrogen) atoms.